The van der Waals surface area contributed by atoms with Crippen molar-refractivity contribution in [3.05, 3.63) is 33.3 Å². The van der Waals surface area contributed by atoms with E-state index in [1.165, 1.54) is 31.2 Å². The Kier molecular flexibility index (Phi) is 5.99. The predicted octanol–water partition coefficient (Wildman–Crippen LogP) is 5.24. The Morgan fingerprint density at radius 2 is 2.00 bits per heavy atom. The summed E-state index contributed by atoms with van der Waals surface area (Å²) in [7, 11) is 0. The second kappa shape index (κ2) is 7.28. The Bertz CT molecular complexity index is 391. The van der Waals surface area contributed by atoms with Gasteiger partial charge in [0.05, 0.1) is 0 Å². The van der Waals surface area contributed by atoms with Crippen molar-refractivity contribution >= 4 is 43.5 Å². The Balaban J connectivity index is 2.07. The van der Waals surface area contributed by atoms with E-state index in [0.717, 1.165) is 34.0 Å². The summed E-state index contributed by atoms with van der Waals surface area (Å²) in [5, 5.41) is 1.89. The van der Waals surface area contributed by atoms with Gasteiger partial charge in [0, 0.05) is 34.0 Å². The smallest absolute Gasteiger partial charge is 0.0462 e. The van der Waals surface area contributed by atoms with E-state index in [2.05, 4.69) is 48.9 Å². The zero-order valence-corrected chi connectivity index (χ0v) is 14.3. The van der Waals surface area contributed by atoms with Crippen LogP contribution in [-0.4, -0.2) is 22.8 Å². The van der Waals surface area contributed by atoms with Gasteiger partial charge in [-0.05, 0) is 30.5 Å². The van der Waals surface area contributed by atoms with Crippen LogP contribution in [0.25, 0.3) is 0 Å². The maximum Gasteiger partial charge on any atom is 0.0462 e. The van der Waals surface area contributed by atoms with Crippen LogP contribution in [0.15, 0.2) is 22.7 Å². The highest BCUT2D eigenvalue weighted by Crippen LogP contribution is 2.28. The van der Waals surface area contributed by atoms with Gasteiger partial charge in [0.25, 0.3) is 0 Å². The summed E-state index contributed by atoms with van der Waals surface area (Å²) >= 11 is 13.3. The molecule has 0 aliphatic heterocycles. The SMILES string of the molecule is Clc1cc(Br)ccc1CN(CCBr)C1CCCC1. The number of nitrogens with zero attached hydrogens (tertiary/aromatic N) is 1. The molecule has 1 fully saturated rings. The Hall–Kier alpha value is 0.430. The lowest BCUT2D eigenvalue weighted by Gasteiger charge is -2.28. The number of benzene rings is 1. The molecule has 1 aromatic carbocycles. The van der Waals surface area contributed by atoms with Crippen molar-refractivity contribution < 1.29 is 0 Å². The van der Waals surface area contributed by atoms with Crippen LogP contribution in [0.2, 0.25) is 5.02 Å². The molecule has 0 heterocycles. The summed E-state index contributed by atoms with van der Waals surface area (Å²) in [6, 6.07) is 6.92. The van der Waals surface area contributed by atoms with Gasteiger partial charge in [-0.25, -0.2) is 0 Å². The third-order valence-corrected chi connectivity index (χ3v) is 4.80. The summed E-state index contributed by atoms with van der Waals surface area (Å²) in [4.78, 5) is 2.57. The van der Waals surface area contributed by atoms with E-state index in [0.29, 0.717) is 0 Å². The first-order chi connectivity index (χ1) is 8.70. The molecule has 0 spiro atoms. The topological polar surface area (TPSA) is 3.24 Å². The summed E-state index contributed by atoms with van der Waals surface area (Å²) < 4.78 is 1.05. The minimum Gasteiger partial charge on any atom is -0.295 e. The van der Waals surface area contributed by atoms with Crippen molar-refractivity contribution in [1.82, 2.24) is 4.90 Å². The molecule has 0 bridgehead atoms. The van der Waals surface area contributed by atoms with Gasteiger partial charge in [0.2, 0.25) is 0 Å². The summed E-state index contributed by atoms with van der Waals surface area (Å²) in [6.45, 7) is 2.05. The van der Waals surface area contributed by atoms with Gasteiger partial charge in [0.1, 0.15) is 0 Å². The van der Waals surface area contributed by atoms with E-state index in [4.69, 9.17) is 11.6 Å². The van der Waals surface area contributed by atoms with Crippen molar-refractivity contribution in [3.8, 4) is 0 Å². The van der Waals surface area contributed by atoms with Crippen LogP contribution in [0.1, 0.15) is 31.2 Å². The van der Waals surface area contributed by atoms with E-state index in [1.807, 2.05) is 6.07 Å². The molecule has 100 valence electrons. The fourth-order valence-corrected chi connectivity index (χ4v) is 3.83. The third kappa shape index (κ3) is 3.96. The maximum atomic E-state index is 6.31. The molecule has 4 heteroatoms. The molecule has 1 saturated carbocycles. The average molecular weight is 396 g/mol. The van der Waals surface area contributed by atoms with Gasteiger partial charge >= 0.3 is 0 Å². The highest BCUT2D eigenvalue weighted by molar-refractivity contribution is 9.10. The lowest BCUT2D eigenvalue weighted by molar-refractivity contribution is 0.202. The van der Waals surface area contributed by atoms with E-state index >= 15 is 0 Å². The first-order valence-corrected chi connectivity index (χ1v) is 8.74. The number of halogens is 3. The molecule has 0 unspecified atom stereocenters. The Labute approximate surface area is 131 Å². The largest absolute Gasteiger partial charge is 0.295 e. The molecule has 2 rings (SSSR count). The van der Waals surface area contributed by atoms with Crippen LogP contribution >= 0.6 is 43.5 Å². The number of hydrogen-bond donors (Lipinski definition) is 0. The summed E-state index contributed by atoms with van der Waals surface area (Å²) in [5.41, 5.74) is 1.23. The van der Waals surface area contributed by atoms with Crippen molar-refractivity contribution in [1.29, 1.82) is 0 Å². The number of rotatable bonds is 5. The lowest BCUT2D eigenvalue weighted by atomic mass is 10.1. The molecule has 0 aromatic heterocycles. The van der Waals surface area contributed by atoms with Crippen LogP contribution < -0.4 is 0 Å². The van der Waals surface area contributed by atoms with E-state index in [-0.39, 0.29) is 0 Å². The molecule has 1 aromatic rings. The highest BCUT2D eigenvalue weighted by Gasteiger charge is 2.22. The zero-order chi connectivity index (χ0) is 13.0. The van der Waals surface area contributed by atoms with Crippen molar-refractivity contribution in [2.75, 3.05) is 11.9 Å². The molecule has 0 N–H and O–H groups in total. The molecule has 0 radical (unpaired) electrons. The molecule has 0 amide bonds. The molecular weight excluding hydrogens is 377 g/mol. The quantitative estimate of drug-likeness (QED) is 0.616. The van der Waals surface area contributed by atoms with Crippen LogP contribution in [-0.2, 0) is 6.54 Å². The first-order valence-electron chi connectivity index (χ1n) is 6.44. The Morgan fingerprint density at radius 1 is 1.28 bits per heavy atom. The summed E-state index contributed by atoms with van der Waals surface area (Å²) in [6.07, 6.45) is 5.41. The van der Waals surface area contributed by atoms with Crippen LogP contribution in [0.3, 0.4) is 0 Å². The molecule has 0 saturated heterocycles. The zero-order valence-electron chi connectivity index (χ0n) is 10.3. The van der Waals surface area contributed by atoms with Gasteiger partial charge < -0.3 is 0 Å². The summed E-state index contributed by atoms with van der Waals surface area (Å²) in [5.74, 6) is 0. The number of hydrogen-bond acceptors (Lipinski definition) is 1. The van der Waals surface area contributed by atoms with E-state index < -0.39 is 0 Å². The van der Waals surface area contributed by atoms with Crippen molar-refractivity contribution in [3.63, 3.8) is 0 Å². The first kappa shape index (κ1) is 14.8. The molecule has 18 heavy (non-hydrogen) atoms. The third-order valence-electron chi connectivity index (χ3n) is 3.60. The fraction of sp³-hybridized carbons (Fsp3) is 0.571. The van der Waals surface area contributed by atoms with Crippen LogP contribution in [0.4, 0.5) is 0 Å². The standard InChI is InChI=1S/C14H18Br2ClN/c15-7-8-18(13-3-1-2-4-13)10-11-5-6-12(16)9-14(11)17/h5-6,9,13H,1-4,7-8,10H2. The number of alkyl halides is 1. The minimum absolute atomic E-state index is 0.738. The highest BCUT2D eigenvalue weighted by atomic mass is 79.9. The van der Waals surface area contributed by atoms with Crippen molar-refractivity contribution in [2.45, 2.75) is 38.3 Å². The maximum absolute atomic E-state index is 6.31. The second-order valence-electron chi connectivity index (χ2n) is 4.83. The molecular formula is C14H18Br2ClN. The fourth-order valence-electron chi connectivity index (χ4n) is 2.64. The molecule has 1 nitrogen and oxygen atoms in total. The van der Waals surface area contributed by atoms with E-state index in [1.54, 1.807) is 0 Å². The predicted molar refractivity (Wildman–Crippen MR) is 85.6 cm³/mol. The average Bonchev–Trinajstić information content (AvgIpc) is 2.85. The second-order valence-corrected chi connectivity index (χ2v) is 6.95. The monoisotopic (exact) mass is 393 g/mol. The Morgan fingerprint density at radius 3 is 2.61 bits per heavy atom. The van der Waals surface area contributed by atoms with Crippen molar-refractivity contribution in [2.24, 2.45) is 0 Å². The molecule has 1 aliphatic rings. The lowest BCUT2D eigenvalue weighted by Crippen LogP contribution is -2.34. The van der Waals surface area contributed by atoms with Gasteiger partial charge in [-0.3, -0.25) is 4.90 Å². The van der Waals surface area contributed by atoms with Gasteiger partial charge in [0.15, 0.2) is 0 Å². The molecule has 1 aliphatic carbocycles. The molecule has 0 atom stereocenters. The van der Waals surface area contributed by atoms with E-state index in [9.17, 15) is 0 Å². The van der Waals surface area contributed by atoms with Gasteiger partial charge in [-0.15, -0.1) is 0 Å². The van der Waals surface area contributed by atoms with Crippen LogP contribution in [0, 0.1) is 0 Å². The normalized spacial score (nSPS) is 16.7. The van der Waals surface area contributed by atoms with Gasteiger partial charge in [-0.1, -0.05) is 62.4 Å². The van der Waals surface area contributed by atoms with Crippen LogP contribution in [0.5, 0.6) is 0 Å². The van der Waals surface area contributed by atoms with Gasteiger partial charge in [-0.2, -0.15) is 0 Å². The minimum atomic E-state index is 0.738.